The first-order valence-corrected chi connectivity index (χ1v) is 7.17. The van der Waals surface area contributed by atoms with E-state index in [1.807, 2.05) is 0 Å². The Kier molecular flexibility index (Phi) is 4.86. The molecule has 2 heterocycles. The molecule has 98 valence electrons. The normalized spacial score (nSPS) is 30.5. The Morgan fingerprint density at radius 2 is 2.12 bits per heavy atom. The maximum atomic E-state index is 3.53. The van der Waals surface area contributed by atoms with Crippen LogP contribution >= 0.6 is 0 Å². The Bertz CT molecular complexity index is 254. The van der Waals surface area contributed by atoms with Crippen LogP contribution in [-0.2, 0) is 0 Å². The molecule has 1 unspecified atom stereocenters. The lowest BCUT2D eigenvalue weighted by Crippen LogP contribution is -2.48. The van der Waals surface area contributed by atoms with Crippen molar-refractivity contribution in [1.29, 1.82) is 0 Å². The third-order valence-corrected chi connectivity index (χ3v) is 4.19. The molecule has 3 nitrogen and oxygen atoms in total. The minimum Gasteiger partial charge on any atom is -0.388 e. The quantitative estimate of drug-likeness (QED) is 0.782. The van der Waals surface area contributed by atoms with E-state index in [0.29, 0.717) is 0 Å². The molecule has 0 aromatic heterocycles. The number of allylic oxidation sites excluding steroid dienone is 1. The number of nitrogens with zero attached hydrogens (tertiary/aromatic N) is 1. The molecule has 0 saturated carbocycles. The lowest BCUT2D eigenvalue weighted by Gasteiger charge is -2.40. The Balaban J connectivity index is 1.84. The van der Waals surface area contributed by atoms with Crippen LogP contribution in [0.25, 0.3) is 0 Å². The summed E-state index contributed by atoms with van der Waals surface area (Å²) in [5, 5.41) is 6.94. The lowest BCUT2D eigenvalue weighted by atomic mass is 9.97. The maximum Gasteiger partial charge on any atom is 0.0166 e. The maximum absolute atomic E-state index is 3.53. The summed E-state index contributed by atoms with van der Waals surface area (Å²) in [5.41, 5.74) is 1.47. The van der Waals surface area contributed by atoms with Gasteiger partial charge in [0.2, 0.25) is 0 Å². The van der Waals surface area contributed by atoms with Gasteiger partial charge in [-0.25, -0.2) is 0 Å². The lowest BCUT2D eigenvalue weighted by molar-refractivity contribution is 0.129. The van der Waals surface area contributed by atoms with Crippen LogP contribution in [0, 0.1) is 0 Å². The first-order valence-electron chi connectivity index (χ1n) is 7.17. The summed E-state index contributed by atoms with van der Waals surface area (Å²) in [4.78, 5) is 2.71. The number of piperidine rings is 2. The van der Waals surface area contributed by atoms with Crippen LogP contribution in [0.4, 0.5) is 0 Å². The van der Waals surface area contributed by atoms with Gasteiger partial charge in [-0.05, 0) is 45.8 Å². The summed E-state index contributed by atoms with van der Waals surface area (Å²) >= 11 is 0. The highest BCUT2D eigenvalue weighted by molar-refractivity contribution is 5.06. The van der Waals surface area contributed by atoms with Crippen molar-refractivity contribution in [1.82, 2.24) is 15.5 Å². The molecule has 0 aliphatic carbocycles. The van der Waals surface area contributed by atoms with Crippen molar-refractivity contribution in [2.24, 2.45) is 0 Å². The number of likely N-dealkylation sites (tertiary alicyclic amines) is 1. The van der Waals surface area contributed by atoms with Crippen LogP contribution in [-0.4, -0.2) is 43.7 Å². The van der Waals surface area contributed by atoms with Crippen LogP contribution in [0.3, 0.4) is 0 Å². The zero-order valence-corrected chi connectivity index (χ0v) is 11.3. The number of rotatable bonds is 3. The largest absolute Gasteiger partial charge is 0.388 e. The second-order valence-electron chi connectivity index (χ2n) is 5.31. The molecule has 2 rings (SSSR count). The number of hydrogen-bond donors (Lipinski definition) is 2. The standard InChI is InChI=1S/C14H27N3/c1-3-4-13-11-14(5-8-16-13)17-9-6-12(15-2)7-10-17/h4,12,14-16H,3,5-11H2,1-2H3/b13-4+. The molecule has 0 aromatic carbocycles. The van der Waals surface area contributed by atoms with Crippen molar-refractivity contribution in [3.8, 4) is 0 Å². The topological polar surface area (TPSA) is 27.3 Å². The first-order chi connectivity index (χ1) is 8.33. The average Bonchev–Trinajstić information content (AvgIpc) is 2.40. The molecule has 0 radical (unpaired) electrons. The van der Waals surface area contributed by atoms with Gasteiger partial charge in [0.1, 0.15) is 0 Å². The fourth-order valence-electron chi connectivity index (χ4n) is 3.09. The molecule has 2 aliphatic rings. The second kappa shape index (κ2) is 6.41. The summed E-state index contributed by atoms with van der Waals surface area (Å²) < 4.78 is 0. The van der Waals surface area contributed by atoms with Gasteiger partial charge in [0.25, 0.3) is 0 Å². The zero-order chi connectivity index (χ0) is 12.1. The molecule has 2 saturated heterocycles. The van der Waals surface area contributed by atoms with Crippen molar-refractivity contribution >= 4 is 0 Å². The molecule has 2 aliphatic heterocycles. The Morgan fingerprint density at radius 3 is 2.76 bits per heavy atom. The fraction of sp³-hybridized carbons (Fsp3) is 0.857. The van der Waals surface area contributed by atoms with E-state index in [2.05, 4.69) is 35.6 Å². The van der Waals surface area contributed by atoms with E-state index >= 15 is 0 Å². The minimum atomic E-state index is 0.749. The van der Waals surface area contributed by atoms with E-state index in [1.165, 1.54) is 44.5 Å². The predicted molar refractivity (Wildman–Crippen MR) is 73.1 cm³/mol. The van der Waals surface area contributed by atoms with E-state index in [1.54, 1.807) is 0 Å². The summed E-state index contributed by atoms with van der Waals surface area (Å²) in [5.74, 6) is 0. The minimum absolute atomic E-state index is 0.749. The van der Waals surface area contributed by atoms with Crippen LogP contribution in [0.1, 0.15) is 39.0 Å². The molecule has 17 heavy (non-hydrogen) atoms. The van der Waals surface area contributed by atoms with Gasteiger partial charge < -0.3 is 10.6 Å². The summed E-state index contributed by atoms with van der Waals surface area (Å²) in [6, 6.07) is 1.53. The predicted octanol–water partition coefficient (Wildman–Crippen LogP) is 1.72. The Hall–Kier alpha value is -0.540. The van der Waals surface area contributed by atoms with Crippen molar-refractivity contribution < 1.29 is 0 Å². The SMILES string of the molecule is CC/C=C1\CC(N2CCC(NC)CC2)CCN1. The van der Waals surface area contributed by atoms with Gasteiger partial charge in [0.15, 0.2) is 0 Å². The average molecular weight is 237 g/mol. The summed E-state index contributed by atoms with van der Waals surface area (Å²) in [6.07, 6.45) is 8.67. The van der Waals surface area contributed by atoms with E-state index in [0.717, 1.165) is 25.0 Å². The first kappa shape index (κ1) is 12.9. The van der Waals surface area contributed by atoms with Crippen molar-refractivity contribution in [3.05, 3.63) is 11.8 Å². The highest BCUT2D eigenvalue weighted by Crippen LogP contribution is 2.22. The van der Waals surface area contributed by atoms with Gasteiger partial charge in [-0.2, -0.15) is 0 Å². The van der Waals surface area contributed by atoms with Crippen molar-refractivity contribution in [3.63, 3.8) is 0 Å². The van der Waals surface area contributed by atoms with Crippen molar-refractivity contribution in [2.75, 3.05) is 26.7 Å². The van der Waals surface area contributed by atoms with Crippen molar-refractivity contribution in [2.45, 2.75) is 51.1 Å². The molecular formula is C14H27N3. The highest BCUT2D eigenvalue weighted by Gasteiger charge is 2.26. The van der Waals surface area contributed by atoms with Gasteiger partial charge in [-0.3, -0.25) is 4.90 Å². The number of hydrogen-bond acceptors (Lipinski definition) is 3. The molecule has 0 spiro atoms. The molecule has 2 fully saturated rings. The van der Waals surface area contributed by atoms with Crippen LogP contribution < -0.4 is 10.6 Å². The van der Waals surface area contributed by atoms with Crippen LogP contribution in [0.15, 0.2) is 11.8 Å². The zero-order valence-electron chi connectivity index (χ0n) is 11.3. The van der Waals surface area contributed by atoms with Gasteiger partial charge in [0, 0.05) is 30.7 Å². The third kappa shape index (κ3) is 3.46. The molecule has 0 bridgehead atoms. The van der Waals surface area contributed by atoms with Gasteiger partial charge in [-0.15, -0.1) is 0 Å². The summed E-state index contributed by atoms with van der Waals surface area (Å²) in [7, 11) is 2.09. The van der Waals surface area contributed by atoms with E-state index < -0.39 is 0 Å². The van der Waals surface area contributed by atoms with E-state index in [4.69, 9.17) is 0 Å². The Morgan fingerprint density at radius 1 is 1.35 bits per heavy atom. The summed E-state index contributed by atoms with van der Waals surface area (Å²) in [6.45, 7) is 5.92. The Labute approximate surface area is 106 Å². The fourth-order valence-corrected chi connectivity index (χ4v) is 3.09. The van der Waals surface area contributed by atoms with E-state index in [-0.39, 0.29) is 0 Å². The van der Waals surface area contributed by atoms with E-state index in [9.17, 15) is 0 Å². The van der Waals surface area contributed by atoms with Crippen LogP contribution in [0.5, 0.6) is 0 Å². The van der Waals surface area contributed by atoms with Crippen LogP contribution in [0.2, 0.25) is 0 Å². The van der Waals surface area contributed by atoms with Gasteiger partial charge in [-0.1, -0.05) is 13.0 Å². The van der Waals surface area contributed by atoms with Gasteiger partial charge in [0.05, 0.1) is 0 Å². The molecule has 0 aromatic rings. The van der Waals surface area contributed by atoms with Gasteiger partial charge >= 0.3 is 0 Å². The molecule has 0 amide bonds. The molecule has 3 heteroatoms. The molecule has 1 atom stereocenters. The molecular weight excluding hydrogens is 210 g/mol. The smallest absolute Gasteiger partial charge is 0.0166 e. The third-order valence-electron chi connectivity index (χ3n) is 4.19. The number of nitrogens with one attached hydrogen (secondary N) is 2. The molecule has 2 N–H and O–H groups in total. The monoisotopic (exact) mass is 237 g/mol. The second-order valence-corrected chi connectivity index (χ2v) is 5.31. The highest BCUT2D eigenvalue weighted by atomic mass is 15.2.